The van der Waals surface area contributed by atoms with Crippen molar-refractivity contribution in [3.8, 4) is 0 Å². The summed E-state index contributed by atoms with van der Waals surface area (Å²) in [7, 11) is 0. The molecule has 0 fully saturated rings. The zero-order chi connectivity index (χ0) is 8.55. The lowest BCUT2D eigenvalue weighted by molar-refractivity contribution is -0.362. The van der Waals surface area contributed by atoms with Gasteiger partial charge in [-0.25, -0.2) is 15.3 Å². The summed E-state index contributed by atoms with van der Waals surface area (Å²) in [6, 6.07) is 0. The highest BCUT2D eigenvalue weighted by molar-refractivity contribution is 5.58. The number of aromatic amines is 1. The average molecular weight is 169 g/mol. The van der Waals surface area contributed by atoms with E-state index in [1.54, 1.807) is 12.4 Å². The number of aliphatic hydroxyl groups is 2. The Morgan fingerprint density at radius 3 is 2.92 bits per heavy atom. The third-order valence-corrected chi connectivity index (χ3v) is 1.62. The number of anilines is 2. The van der Waals surface area contributed by atoms with Gasteiger partial charge in [0, 0.05) is 0 Å². The molecule has 0 saturated carbocycles. The fourth-order valence-electron chi connectivity index (χ4n) is 1.03. The fourth-order valence-corrected chi connectivity index (χ4v) is 1.03. The number of fused-ring (bicyclic) bond motifs is 1. The molecule has 0 aromatic carbocycles. The van der Waals surface area contributed by atoms with Crippen LogP contribution in [0.5, 0.6) is 0 Å². The Balaban J connectivity index is 2.34. The minimum absolute atomic E-state index is 0.496. The van der Waals surface area contributed by atoms with Crippen LogP contribution in [-0.2, 0) is 0 Å². The molecular weight excluding hydrogens is 160 g/mol. The smallest absolute Gasteiger partial charge is 0.318 e. The zero-order valence-corrected chi connectivity index (χ0v) is 6.15. The monoisotopic (exact) mass is 169 g/mol. The average Bonchev–Trinajstić information content (AvgIpc) is 2.07. The Kier molecular flexibility index (Phi) is 1.56. The summed E-state index contributed by atoms with van der Waals surface area (Å²) in [5, 5.41) is 23.5. The van der Waals surface area contributed by atoms with Gasteiger partial charge < -0.3 is 15.5 Å². The molecule has 2 unspecified atom stereocenters. The number of hydrogen-bond acceptors (Lipinski definition) is 5. The summed E-state index contributed by atoms with van der Waals surface area (Å²) in [6.07, 6.45) is 1.13. The summed E-state index contributed by atoms with van der Waals surface area (Å²) in [5.41, 5.74) is 0. The fraction of sp³-hybridized carbons (Fsp3) is 0.333. The van der Waals surface area contributed by atoms with E-state index in [0.717, 1.165) is 0 Å². The van der Waals surface area contributed by atoms with E-state index in [0.29, 0.717) is 11.6 Å². The van der Waals surface area contributed by atoms with E-state index in [1.807, 2.05) is 0 Å². The molecule has 2 heterocycles. The van der Waals surface area contributed by atoms with Crippen molar-refractivity contribution >= 4 is 11.6 Å². The Hall–Kier alpha value is -1.40. The van der Waals surface area contributed by atoms with Crippen LogP contribution < -0.4 is 15.6 Å². The van der Waals surface area contributed by atoms with Gasteiger partial charge in [-0.3, -0.25) is 0 Å². The first-order valence-corrected chi connectivity index (χ1v) is 3.53. The van der Waals surface area contributed by atoms with Crippen molar-refractivity contribution in [3.05, 3.63) is 12.4 Å². The van der Waals surface area contributed by atoms with Crippen LogP contribution in [0.25, 0.3) is 0 Å². The van der Waals surface area contributed by atoms with Crippen LogP contribution in [-0.4, -0.2) is 27.7 Å². The normalized spacial score (nSPS) is 26.8. The highest BCUT2D eigenvalue weighted by atomic mass is 16.4. The quantitative estimate of drug-likeness (QED) is 0.374. The topological polar surface area (TPSA) is 91.5 Å². The van der Waals surface area contributed by atoms with E-state index in [4.69, 9.17) is 10.2 Å². The molecule has 1 aliphatic heterocycles. The molecule has 6 heteroatoms. The van der Waals surface area contributed by atoms with Gasteiger partial charge in [0.2, 0.25) is 12.0 Å². The predicted molar refractivity (Wildman–Crippen MR) is 40.1 cm³/mol. The molecule has 6 nitrogen and oxygen atoms in total. The summed E-state index contributed by atoms with van der Waals surface area (Å²) in [6.45, 7) is 0. The number of H-pyrrole nitrogens is 1. The first-order valence-electron chi connectivity index (χ1n) is 3.53. The van der Waals surface area contributed by atoms with E-state index >= 15 is 0 Å². The zero-order valence-electron chi connectivity index (χ0n) is 6.15. The molecule has 1 aliphatic rings. The standard InChI is InChI=1S/C6H8N4O2/c11-5-6(12)10-4-3(9-5)7-1-2-8-4/h1-2,5-6,11-12H,(H,7,9)(H,8,10)/p+1. The highest BCUT2D eigenvalue weighted by Gasteiger charge is 2.30. The summed E-state index contributed by atoms with van der Waals surface area (Å²) in [4.78, 5) is 6.76. The molecule has 0 saturated heterocycles. The third-order valence-electron chi connectivity index (χ3n) is 1.62. The molecule has 0 bridgehead atoms. The predicted octanol–water partition coefficient (Wildman–Crippen LogP) is -1.63. The third kappa shape index (κ3) is 1.06. The Bertz CT molecular complexity index is 264. The maximum Gasteiger partial charge on any atom is 0.318 e. The lowest BCUT2D eigenvalue weighted by Gasteiger charge is -2.22. The SMILES string of the molecule is OC1Nc2ncc[nH+]c2NC1O. The van der Waals surface area contributed by atoms with E-state index in [1.165, 1.54) is 0 Å². The van der Waals surface area contributed by atoms with Crippen LogP contribution in [0.3, 0.4) is 0 Å². The Morgan fingerprint density at radius 2 is 2.08 bits per heavy atom. The van der Waals surface area contributed by atoms with Crippen LogP contribution in [0, 0.1) is 0 Å². The molecular formula is C6H9N4O2+. The maximum absolute atomic E-state index is 9.15. The molecule has 2 rings (SSSR count). The molecule has 0 spiro atoms. The molecule has 1 aromatic rings. The van der Waals surface area contributed by atoms with Gasteiger partial charge in [0.1, 0.15) is 6.20 Å². The van der Waals surface area contributed by atoms with Gasteiger partial charge in [-0.1, -0.05) is 0 Å². The molecule has 5 N–H and O–H groups in total. The van der Waals surface area contributed by atoms with Crippen LogP contribution in [0.4, 0.5) is 11.6 Å². The molecule has 0 amide bonds. The van der Waals surface area contributed by atoms with Gasteiger partial charge >= 0.3 is 5.82 Å². The number of nitrogens with one attached hydrogen (secondary N) is 3. The van der Waals surface area contributed by atoms with Crippen LogP contribution in [0.2, 0.25) is 0 Å². The van der Waals surface area contributed by atoms with Crippen molar-refractivity contribution < 1.29 is 15.2 Å². The minimum atomic E-state index is -1.03. The van der Waals surface area contributed by atoms with Crippen molar-refractivity contribution in [1.82, 2.24) is 4.98 Å². The molecule has 2 atom stereocenters. The van der Waals surface area contributed by atoms with E-state index in [2.05, 4.69) is 20.6 Å². The Labute approximate surface area is 68.3 Å². The van der Waals surface area contributed by atoms with Crippen molar-refractivity contribution in [3.63, 3.8) is 0 Å². The number of rotatable bonds is 0. The molecule has 64 valence electrons. The summed E-state index contributed by atoms with van der Waals surface area (Å²) >= 11 is 0. The Morgan fingerprint density at radius 1 is 1.33 bits per heavy atom. The van der Waals surface area contributed by atoms with Crippen LogP contribution >= 0.6 is 0 Å². The van der Waals surface area contributed by atoms with E-state index < -0.39 is 12.5 Å². The second-order valence-corrected chi connectivity index (χ2v) is 2.49. The maximum atomic E-state index is 9.15. The first kappa shape index (κ1) is 7.26. The summed E-state index contributed by atoms with van der Waals surface area (Å²) in [5.74, 6) is 1.06. The van der Waals surface area contributed by atoms with Crippen LogP contribution in [0.15, 0.2) is 12.4 Å². The lowest BCUT2D eigenvalue weighted by atomic mass is 10.3. The second kappa shape index (κ2) is 2.58. The van der Waals surface area contributed by atoms with E-state index in [9.17, 15) is 0 Å². The highest BCUT2D eigenvalue weighted by Crippen LogP contribution is 2.18. The number of hydrogen-bond donors (Lipinski definition) is 4. The van der Waals surface area contributed by atoms with Gasteiger partial charge in [0.05, 0.1) is 6.20 Å². The van der Waals surface area contributed by atoms with Gasteiger partial charge in [-0.15, -0.1) is 0 Å². The molecule has 1 aromatic heterocycles. The number of nitrogens with zero attached hydrogens (tertiary/aromatic N) is 1. The van der Waals surface area contributed by atoms with Gasteiger partial charge in [-0.05, 0) is 0 Å². The van der Waals surface area contributed by atoms with Gasteiger partial charge in [-0.2, -0.15) is 0 Å². The van der Waals surface area contributed by atoms with Gasteiger partial charge in [0.15, 0.2) is 6.23 Å². The van der Waals surface area contributed by atoms with Gasteiger partial charge in [0.25, 0.3) is 0 Å². The van der Waals surface area contributed by atoms with Crippen LogP contribution in [0.1, 0.15) is 0 Å². The molecule has 12 heavy (non-hydrogen) atoms. The second-order valence-electron chi connectivity index (χ2n) is 2.49. The lowest BCUT2D eigenvalue weighted by Crippen LogP contribution is -2.45. The number of aliphatic hydroxyl groups excluding tert-OH is 2. The van der Waals surface area contributed by atoms with Crippen molar-refractivity contribution in [2.24, 2.45) is 0 Å². The summed E-state index contributed by atoms with van der Waals surface area (Å²) < 4.78 is 0. The largest absolute Gasteiger partial charge is 0.368 e. The van der Waals surface area contributed by atoms with E-state index in [-0.39, 0.29) is 0 Å². The number of aromatic nitrogens is 2. The van der Waals surface area contributed by atoms with Crippen molar-refractivity contribution in [2.75, 3.05) is 10.6 Å². The molecule has 0 aliphatic carbocycles. The van der Waals surface area contributed by atoms with Crippen molar-refractivity contribution in [2.45, 2.75) is 12.5 Å². The molecule has 0 radical (unpaired) electrons. The first-order chi connectivity index (χ1) is 5.77. The minimum Gasteiger partial charge on any atom is -0.368 e. The van der Waals surface area contributed by atoms with Crippen molar-refractivity contribution in [1.29, 1.82) is 0 Å².